The van der Waals surface area contributed by atoms with Gasteiger partial charge in [0.15, 0.2) is 0 Å². The van der Waals surface area contributed by atoms with Gasteiger partial charge in [-0.2, -0.15) is 0 Å². The van der Waals surface area contributed by atoms with Gasteiger partial charge in [0.1, 0.15) is 5.75 Å². The normalized spacial score (nSPS) is 15.9. The first-order valence-electron chi connectivity index (χ1n) is 10.9. The zero-order valence-corrected chi connectivity index (χ0v) is 17.6. The molecule has 2 N–H and O–H groups in total. The number of carbonyl (C=O) groups excluding carboxylic acids is 1. The number of likely N-dealkylation sites (N-methyl/N-ethyl adjacent to an activating group) is 1. The summed E-state index contributed by atoms with van der Waals surface area (Å²) in [6.07, 6.45) is 5.25. The molecule has 0 spiro atoms. The first-order valence-corrected chi connectivity index (χ1v) is 10.9. The van der Waals surface area contributed by atoms with Crippen molar-refractivity contribution < 1.29 is 9.90 Å². The number of nitrogens with zero attached hydrogens (tertiary/aromatic N) is 1. The first kappa shape index (κ1) is 20.4. The Morgan fingerprint density at radius 1 is 1.03 bits per heavy atom. The lowest BCUT2D eigenvalue weighted by atomic mass is 9.87. The summed E-state index contributed by atoms with van der Waals surface area (Å²) in [5.41, 5.74) is 3.37. The van der Waals surface area contributed by atoms with Crippen LogP contribution in [0.25, 0.3) is 10.8 Å². The second kappa shape index (κ2) is 9.31. The van der Waals surface area contributed by atoms with Gasteiger partial charge >= 0.3 is 0 Å². The maximum Gasteiger partial charge on any atom is 0.251 e. The Hall–Kier alpha value is -2.85. The van der Waals surface area contributed by atoms with Crippen molar-refractivity contribution in [2.24, 2.45) is 0 Å². The van der Waals surface area contributed by atoms with Gasteiger partial charge < -0.3 is 15.3 Å². The van der Waals surface area contributed by atoms with E-state index in [0.29, 0.717) is 18.3 Å². The highest BCUT2D eigenvalue weighted by Crippen LogP contribution is 2.27. The van der Waals surface area contributed by atoms with Crippen molar-refractivity contribution in [3.8, 4) is 5.75 Å². The molecule has 30 heavy (non-hydrogen) atoms. The lowest BCUT2D eigenvalue weighted by Crippen LogP contribution is -2.37. The average molecular weight is 403 g/mol. The van der Waals surface area contributed by atoms with Gasteiger partial charge in [-0.05, 0) is 91.9 Å². The predicted octanol–water partition coefficient (Wildman–Crippen LogP) is 4.54. The summed E-state index contributed by atoms with van der Waals surface area (Å²) in [4.78, 5) is 14.9. The SMILES string of the molecule is CN(CCCCNC(=O)c1ccc2ccccc2c1)[C@@H]1CCc2ccc(O)cc2C1. The molecule has 0 fully saturated rings. The minimum Gasteiger partial charge on any atom is -0.508 e. The Morgan fingerprint density at radius 2 is 1.87 bits per heavy atom. The summed E-state index contributed by atoms with van der Waals surface area (Å²) in [6.45, 7) is 1.71. The smallest absolute Gasteiger partial charge is 0.251 e. The fourth-order valence-electron chi connectivity index (χ4n) is 4.40. The minimum atomic E-state index is -0.00203. The van der Waals surface area contributed by atoms with E-state index in [1.165, 1.54) is 11.1 Å². The topological polar surface area (TPSA) is 52.6 Å². The van der Waals surface area contributed by atoms with Crippen molar-refractivity contribution in [2.45, 2.75) is 38.1 Å². The van der Waals surface area contributed by atoms with Crippen LogP contribution >= 0.6 is 0 Å². The molecule has 3 aromatic rings. The lowest BCUT2D eigenvalue weighted by Gasteiger charge is -2.32. The van der Waals surface area contributed by atoms with E-state index in [4.69, 9.17) is 0 Å². The van der Waals surface area contributed by atoms with E-state index in [9.17, 15) is 9.90 Å². The Labute approximate surface area is 178 Å². The number of hydrogen-bond acceptors (Lipinski definition) is 3. The van der Waals surface area contributed by atoms with E-state index in [1.54, 1.807) is 6.07 Å². The Balaban J connectivity index is 1.20. The van der Waals surface area contributed by atoms with E-state index >= 15 is 0 Å². The van der Waals surface area contributed by atoms with Crippen LogP contribution in [0, 0.1) is 0 Å². The molecule has 156 valence electrons. The molecule has 0 saturated heterocycles. The molecule has 3 aromatic carbocycles. The predicted molar refractivity (Wildman–Crippen MR) is 122 cm³/mol. The van der Waals surface area contributed by atoms with Gasteiger partial charge in [0.2, 0.25) is 0 Å². The lowest BCUT2D eigenvalue weighted by molar-refractivity contribution is 0.0952. The van der Waals surface area contributed by atoms with Crippen molar-refractivity contribution >= 4 is 16.7 Å². The molecule has 0 radical (unpaired) electrons. The third-order valence-electron chi connectivity index (χ3n) is 6.25. The van der Waals surface area contributed by atoms with Crippen LogP contribution in [0.1, 0.15) is 40.7 Å². The van der Waals surface area contributed by atoms with Crippen LogP contribution in [0.15, 0.2) is 60.7 Å². The highest BCUT2D eigenvalue weighted by molar-refractivity contribution is 5.98. The van der Waals surface area contributed by atoms with E-state index in [0.717, 1.165) is 55.0 Å². The molecular weight excluding hydrogens is 372 g/mol. The zero-order valence-electron chi connectivity index (χ0n) is 17.6. The molecule has 4 nitrogen and oxygen atoms in total. The van der Waals surface area contributed by atoms with Gasteiger partial charge in [-0.15, -0.1) is 0 Å². The largest absolute Gasteiger partial charge is 0.508 e. The van der Waals surface area contributed by atoms with Gasteiger partial charge in [-0.1, -0.05) is 36.4 Å². The summed E-state index contributed by atoms with van der Waals surface area (Å²) in [7, 11) is 2.19. The number of carbonyl (C=O) groups is 1. The monoisotopic (exact) mass is 402 g/mol. The fourth-order valence-corrected chi connectivity index (χ4v) is 4.40. The quantitative estimate of drug-likeness (QED) is 0.570. The van der Waals surface area contributed by atoms with Crippen molar-refractivity contribution in [1.82, 2.24) is 10.2 Å². The summed E-state index contributed by atoms with van der Waals surface area (Å²) in [6, 6.07) is 20.2. The first-order chi connectivity index (χ1) is 14.6. The molecule has 1 atom stereocenters. The maximum atomic E-state index is 12.4. The number of aromatic hydroxyl groups is 1. The molecule has 0 aliphatic heterocycles. The molecule has 0 aromatic heterocycles. The average Bonchev–Trinajstić information content (AvgIpc) is 2.77. The van der Waals surface area contributed by atoms with Crippen LogP contribution in [0.4, 0.5) is 0 Å². The third-order valence-corrected chi connectivity index (χ3v) is 6.25. The molecule has 0 heterocycles. The number of aryl methyl sites for hydroxylation is 1. The minimum absolute atomic E-state index is 0.00203. The van der Waals surface area contributed by atoms with Crippen LogP contribution in [-0.4, -0.2) is 42.1 Å². The Bertz CT molecular complexity index is 1030. The van der Waals surface area contributed by atoms with Crippen molar-refractivity contribution in [1.29, 1.82) is 0 Å². The maximum absolute atomic E-state index is 12.4. The van der Waals surface area contributed by atoms with Gasteiger partial charge in [0.05, 0.1) is 0 Å². The molecule has 1 amide bonds. The van der Waals surface area contributed by atoms with E-state index in [-0.39, 0.29) is 5.91 Å². The molecule has 1 aliphatic rings. The van der Waals surface area contributed by atoms with Gasteiger partial charge in [-0.25, -0.2) is 0 Å². The number of phenols is 1. The summed E-state index contributed by atoms with van der Waals surface area (Å²) in [5, 5.41) is 15.0. The number of fused-ring (bicyclic) bond motifs is 2. The highest BCUT2D eigenvalue weighted by Gasteiger charge is 2.22. The second-order valence-electron chi connectivity index (χ2n) is 8.36. The van der Waals surface area contributed by atoms with Crippen LogP contribution in [0.3, 0.4) is 0 Å². The van der Waals surface area contributed by atoms with Crippen molar-refractivity contribution in [2.75, 3.05) is 20.1 Å². The van der Waals surface area contributed by atoms with Crippen LogP contribution in [-0.2, 0) is 12.8 Å². The second-order valence-corrected chi connectivity index (χ2v) is 8.36. The Morgan fingerprint density at radius 3 is 2.73 bits per heavy atom. The van der Waals surface area contributed by atoms with Gasteiger partial charge in [-0.3, -0.25) is 4.79 Å². The molecule has 4 rings (SSSR count). The standard InChI is InChI=1S/C26H30N2O2/c1-28(24-12-10-20-11-13-25(29)18-23(20)17-24)15-5-4-14-27-26(30)22-9-8-19-6-2-3-7-21(19)16-22/h2-3,6-9,11,13,16,18,24,29H,4-5,10,12,14-15,17H2,1H3,(H,27,30)/t24-/m1/s1. The molecule has 0 saturated carbocycles. The molecule has 0 unspecified atom stereocenters. The molecular formula is C26H30N2O2. The molecule has 0 bridgehead atoms. The number of nitrogens with one attached hydrogen (secondary N) is 1. The van der Waals surface area contributed by atoms with Gasteiger partial charge in [0.25, 0.3) is 5.91 Å². The van der Waals surface area contributed by atoms with Gasteiger partial charge in [0, 0.05) is 18.2 Å². The van der Waals surface area contributed by atoms with E-state index in [1.807, 2.05) is 42.5 Å². The number of hydrogen-bond donors (Lipinski definition) is 2. The number of unbranched alkanes of at least 4 members (excludes halogenated alkanes) is 1. The molecule has 4 heteroatoms. The van der Waals surface area contributed by atoms with Crippen molar-refractivity contribution in [3.63, 3.8) is 0 Å². The number of phenolic OH excluding ortho intramolecular Hbond substituents is 1. The highest BCUT2D eigenvalue weighted by atomic mass is 16.3. The number of rotatable bonds is 7. The summed E-state index contributed by atoms with van der Waals surface area (Å²) < 4.78 is 0. The van der Waals surface area contributed by atoms with Crippen LogP contribution in [0.2, 0.25) is 0 Å². The zero-order chi connectivity index (χ0) is 20.9. The summed E-state index contributed by atoms with van der Waals surface area (Å²) in [5.74, 6) is 0.358. The number of amides is 1. The summed E-state index contributed by atoms with van der Waals surface area (Å²) >= 11 is 0. The van der Waals surface area contributed by atoms with E-state index in [2.05, 4.69) is 29.4 Å². The van der Waals surface area contributed by atoms with Crippen molar-refractivity contribution in [3.05, 3.63) is 77.4 Å². The third kappa shape index (κ3) is 4.82. The molecule has 1 aliphatic carbocycles. The van der Waals surface area contributed by atoms with Crippen LogP contribution in [0.5, 0.6) is 5.75 Å². The van der Waals surface area contributed by atoms with Crippen LogP contribution < -0.4 is 5.32 Å². The number of benzene rings is 3. The van der Waals surface area contributed by atoms with E-state index < -0.39 is 0 Å². The fraction of sp³-hybridized carbons (Fsp3) is 0.346. The Kier molecular flexibility index (Phi) is 6.34.